The van der Waals surface area contributed by atoms with Crippen LogP contribution < -0.4 is 11.1 Å². The summed E-state index contributed by atoms with van der Waals surface area (Å²) in [5.74, 6) is 0.387. The van der Waals surface area contributed by atoms with E-state index in [0.717, 1.165) is 12.8 Å². The molecule has 1 atom stereocenters. The van der Waals surface area contributed by atoms with Crippen molar-refractivity contribution in [1.82, 2.24) is 15.3 Å². The Morgan fingerprint density at radius 1 is 1.50 bits per heavy atom. The molecular weight excluding hydrogens is 204 g/mol. The summed E-state index contributed by atoms with van der Waals surface area (Å²) in [6, 6.07) is 0. The minimum Gasteiger partial charge on any atom is -0.352 e. The van der Waals surface area contributed by atoms with Crippen LogP contribution in [0.2, 0.25) is 0 Å². The second-order valence-electron chi connectivity index (χ2n) is 3.87. The standard InChI is InChI=1S/C11H18N4O/c1-9(5-12)3-2-4-15-11(16)10-6-13-8-14-7-10/h6-9H,2-5,12H2,1H3,(H,15,16). The first kappa shape index (κ1) is 12.6. The number of rotatable bonds is 6. The normalized spacial score (nSPS) is 12.1. The van der Waals surface area contributed by atoms with Crippen molar-refractivity contribution >= 4 is 5.91 Å². The number of amides is 1. The number of hydrogen-bond acceptors (Lipinski definition) is 4. The van der Waals surface area contributed by atoms with Gasteiger partial charge >= 0.3 is 0 Å². The van der Waals surface area contributed by atoms with E-state index >= 15 is 0 Å². The van der Waals surface area contributed by atoms with E-state index in [0.29, 0.717) is 24.6 Å². The van der Waals surface area contributed by atoms with Crippen LogP contribution in [0, 0.1) is 5.92 Å². The summed E-state index contributed by atoms with van der Waals surface area (Å²) >= 11 is 0. The molecule has 5 nitrogen and oxygen atoms in total. The highest BCUT2D eigenvalue weighted by Crippen LogP contribution is 2.02. The van der Waals surface area contributed by atoms with Gasteiger partial charge in [-0.15, -0.1) is 0 Å². The molecule has 88 valence electrons. The molecule has 3 N–H and O–H groups in total. The van der Waals surface area contributed by atoms with Crippen LogP contribution >= 0.6 is 0 Å². The molecule has 0 aliphatic rings. The Balaban J connectivity index is 2.21. The van der Waals surface area contributed by atoms with Crippen LogP contribution in [0.5, 0.6) is 0 Å². The third-order valence-electron chi connectivity index (χ3n) is 2.38. The topological polar surface area (TPSA) is 80.9 Å². The molecule has 16 heavy (non-hydrogen) atoms. The second kappa shape index (κ2) is 6.90. The molecule has 0 aliphatic carbocycles. The summed E-state index contributed by atoms with van der Waals surface area (Å²) in [5.41, 5.74) is 6.00. The molecule has 1 aromatic rings. The molecule has 1 amide bonds. The zero-order chi connectivity index (χ0) is 11.8. The fourth-order valence-corrected chi connectivity index (χ4v) is 1.29. The Kier molecular flexibility index (Phi) is 5.42. The van der Waals surface area contributed by atoms with Gasteiger partial charge in [-0.1, -0.05) is 6.92 Å². The van der Waals surface area contributed by atoms with Gasteiger partial charge in [0, 0.05) is 18.9 Å². The van der Waals surface area contributed by atoms with Crippen molar-refractivity contribution in [3.8, 4) is 0 Å². The molecule has 0 spiro atoms. The summed E-state index contributed by atoms with van der Waals surface area (Å²) in [4.78, 5) is 19.1. The van der Waals surface area contributed by atoms with Crippen molar-refractivity contribution in [2.24, 2.45) is 11.7 Å². The van der Waals surface area contributed by atoms with Crippen molar-refractivity contribution in [3.63, 3.8) is 0 Å². The lowest BCUT2D eigenvalue weighted by molar-refractivity contribution is 0.0952. The van der Waals surface area contributed by atoms with Gasteiger partial charge in [-0.25, -0.2) is 9.97 Å². The van der Waals surface area contributed by atoms with Crippen molar-refractivity contribution in [2.75, 3.05) is 13.1 Å². The number of hydrogen-bond donors (Lipinski definition) is 2. The van der Waals surface area contributed by atoms with Crippen molar-refractivity contribution in [1.29, 1.82) is 0 Å². The summed E-state index contributed by atoms with van der Waals surface area (Å²) in [5, 5.41) is 2.82. The Labute approximate surface area is 95.5 Å². The maximum absolute atomic E-state index is 11.5. The summed E-state index contributed by atoms with van der Waals surface area (Å²) in [6.07, 6.45) is 6.38. The molecule has 0 aromatic carbocycles. The van der Waals surface area contributed by atoms with Crippen molar-refractivity contribution in [2.45, 2.75) is 19.8 Å². The molecule has 5 heteroatoms. The molecule has 0 aliphatic heterocycles. The van der Waals surface area contributed by atoms with Crippen LogP contribution in [0.4, 0.5) is 0 Å². The first-order chi connectivity index (χ1) is 7.74. The number of nitrogens with two attached hydrogens (primary N) is 1. The van der Waals surface area contributed by atoms with E-state index in [1.54, 1.807) is 0 Å². The number of carbonyl (C=O) groups excluding carboxylic acids is 1. The Morgan fingerprint density at radius 2 is 2.19 bits per heavy atom. The van der Waals surface area contributed by atoms with Gasteiger partial charge in [-0.3, -0.25) is 4.79 Å². The van der Waals surface area contributed by atoms with Crippen LogP contribution in [0.15, 0.2) is 18.7 Å². The van der Waals surface area contributed by atoms with E-state index < -0.39 is 0 Å². The molecular formula is C11H18N4O. The molecule has 0 fully saturated rings. The predicted molar refractivity (Wildman–Crippen MR) is 61.8 cm³/mol. The largest absolute Gasteiger partial charge is 0.352 e. The highest BCUT2D eigenvalue weighted by molar-refractivity contribution is 5.93. The van der Waals surface area contributed by atoms with Gasteiger partial charge in [0.05, 0.1) is 5.56 Å². The summed E-state index contributed by atoms with van der Waals surface area (Å²) in [7, 11) is 0. The molecule has 0 bridgehead atoms. The first-order valence-corrected chi connectivity index (χ1v) is 5.47. The number of aromatic nitrogens is 2. The number of nitrogens with zero attached hydrogens (tertiary/aromatic N) is 2. The SMILES string of the molecule is CC(CN)CCCNC(=O)c1cncnc1. The van der Waals surface area contributed by atoms with Gasteiger partial charge in [0.15, 0.2) is 0 Å². The van der Waals surface area contributed by atoms with E-state index in [1.807, 2.05) is 0 Å². The van der Waals surface area contributed by atoms with E-state index in [2.05, 4.69) is 22.2 Å². The van der Waals surface area contributed by atoms with E-state index in [4.69, 9.17) is 5.73 Å². The summed E-state index contributed by atoms with van der Waals surface area (Å²) in [6.45, 7) is 3.46. The second-order valence-corrected chi connectivity index (χ2v) is 3.87. The van der Waals surface area contributed by atoms with E-state index in [-0.39, 0.29) is 5.91 Å². The Bertz CT molecular complexity index is 315. The Morgan fingerprint density at radius 3 is 2.81 bits per heavy atom. The molecule has 1 aromatic heterocycles. The average Bonchev–Trinajstić information content (AvgIpc) is 2.35. The number of carbonyl (C=O) groups is 1. The number of nitrogens with one attached hydrogen (secondary N) is 1. The maximum Gasteiger partial charge on any atom is 0.254 e. The van der Waals surface area contributed by atoms with Crippen LogP contribution in [-0.2, 0) is 0 Å². The zero-order valence-corrected chi connectivity index (χ0v) is 9.52. The van der Waals surface area contributed by atoms with Crippen molar-refractivity contribution in [3.05, 3.63) is 24.3 Å². The molecule has 0 radical (unpaired) electrons. The monoisotopic (exact) mass is 222 g/mol. The van der Waals surface area contributed by atoms with Gasteiger partial charge < -0.3 is 11.1 Å². The third kappa shape index (κ3) is 4.35. The third-order valence-corrected chi connectivity index (χ3v) is 2.38. The quantitative estimate of drug-likeness (QED) is 0.690. The first-order valence-electron chi connectivity index (χ1n) is 5.47. The molecule has 1 heterocycles. The van der Waals surface area contributed by atoms with Gasteiger partial charge in [0.1, 0.15) is 6.33 Å². The fraction of sp³-hybridized carbons (Fsp3) is 0.545. The molecule has 1 unspecified atom stereocenters. The van der Waals surface area contributed by atoms with Gasteiger partial charge in [-0.05, 0) is 25.3 Å². The fourth-order valence-electron chi connectivity index (χ4n) is 1.29. The lowest BCUT2D eigenvalue weighted by Crippen LogP contribution is -2.25. The minimum atomic E-state index is -0.124. The van der Waals surface area contributed by atoms with Crippen LogP contribution in [0.25, 0.3) is 0 Å². The van der Waals surface area contributed by atoms with Gasteiger partial charge in [0.2, 0.25) is 0 Å². The minimum absolute atomic E-state index is 0.124. The van der Waals surface area contributed by atoms with Gasteiger partial charge in [0.25, 0.3) is 5.91 Å². The van der Waals surface area contributed by atoms with Crippen molar-refractivity contribution < 1.29 is 4.79 Å². The molecule has 0 saturated heterocycles. The lowest BCUT2D eigenvalue weighted by atomic mass is 10.1. The molecule has 0 saturated carbocycles. The summed E-state index contributed by atoms with van der Waals surface area (Å²) < 4.78 is 0. The van der Waals surface area contributed by atoms with Crippen LogP contribution in [0.1, 0.15) is 30.1 Å². The van der Waals surface area contributed by atoms with Crippen LogP contribution in [-0.4, -0.2) is 29.0 Å². The zero-order valence-electron chi connectivity index (χ0n) is 9.52. The van der Waals surface area contributed by atoms with Gasteiger partial charge in [-0.2, -0.15) is 0 Å². The van der Waals surface area contributed by atoms with E-state index in [1.165, 1.54) is 18.7 Å². The highest BCUT2D eigenvalue weighted by Gasteiger charge is 2.05. The van der Waals surface area contributed by atoms with Crippen LogP contribution in [0.3, 0.4) is 0 Å². The van der Waals surface area contributed by atoms with E-state index in [9.17, 15) is 4.79 Å². The highest BCUT2D eigenvalue weighted by atomic mass is 16.1. The Hall–Kier alpha value is -1.49. The average molecular weight is 222 g/mol. The lowest BCUT2D eigenvalue weighted by Gasteiger charge is -2.08. The molecule has 1 rings (SSSR count). The predicted octanol–water partition coefficient (Wildman–Crippen LogP) is 0.581. The maximum atomic E-state index is 11.5. The smallest absolute Gasteiger partial charge is 0.254 e.